The number of Topliss-reactive ketones (excluding diaryl/α,β-unsaturated/α-hetero) is 1. The summed E-state index contributed by atoms with van der Waals surface area (Å²) in [6.45, 7) is 4.33. The van der Waals surface area contributed by atoms with Crippen LogP contribution in [0.15, 0.2) is 103 Å². The number of aliphatic hydroxyl groups excluding tert-OH is 1. The van der Waals surface area contributed by atoms with Gasteiger partial charge < -0.3 is 19.5 Å². The van der Waals surface area contributed by atoms with E-state index in [1.54, 1.807) is 73.9 Å². The molecule has 0 spiro atoms. The zero-order chi connectivity index (χ0) is 29.6. The molecule has 4 aromatic rings. The summed E-state index contributed by atoms with van der Waals surface area (Å²) in [5.74, 6) is -1.57. The molecule has 3 aromatic carbocycles. The van der Waals surface area contributed by atoms with Crippen molar-refractivity contribution in [3.8, 4) is 5.75 Å². The van der Waals surface area contributed by atoms with Crippen molar-refractivity contribution in [2.75, 3.05) is 6.61 Å². The first kappa shape index (κ1) is 28.3. The average molecular weight is 563 g/mol. The Bertz CT molecular complexity index is 1630. The Labute approximate surface area is 243 Å². The predicted molar refractivity (Wildman–Crippen MR) is 156 cm³/mol. The maximum Gasteiger partial charge on any atom is 0.338 e. The number of aromatic nitrogens is 1. The molecule has 1 fully saturated rings. The van der Waals surface area contributed by atoms with Crippen molar-refractivity contribution in [2.45, 2.75) is 33.0 Å². The lowest BCUT2D eigenvalue weighted by Crippen LogP contribution is -2.29. The van der Waals surface area contributed by atoms with Gasteiger partial charge in [0, 0.05) is 24.5 Å². The van der Waals surface area contributed by atoms with Gasteiger partial charge in [0.05, 0.1) is 23.8 Å². The van der Waals surface area contributed by atoms with Crippen molar-refractivity contribution in [3.63, 3.8) is 0 Å². The van der Waals surface area contributed by atoms with Crippen LogP contribution < -0.4 is 4.74 Å². The summed E-state index contributed by atoms with van der Waals surface area (Å²) in [6.07, 6.45) is 3.15. The first-order chi connectivity index (χ1) is 20.4. The quantitative estimate of drug-likeness (QED) is 0.120. The van der Waals surface area contributed by atoms with Gasteiger partial charge in [-0.2, -0.15) is 0 Å². The molecule has 1 aliphatic rings. The van der Waals surface area contributed by atoms with E-state index in [1.807, 2.05) is 37.3 Å². The summed E-state index contributed by atoms with van der Waals surface area (Å²) in [7, 11) is 0. The fourth-order valence-corrected chi connectivity index (χ4v) is 4.94. The average Bonchev–Trinajstić information content (AvgIpc) is 3.26. The van der Waals surface area contributed by atoms with Crippen LogP contribution in [0.4, 0.5) is 0 Å². The van der Waals surface area contributed by atoms with Gasteiger partial charge in [0.25, 0.3) is 11.7 Å². The number of ketones is 1. The van der Waals surface area contributed by atoms with Crippen molar-refractivity contribution >= 4 is 23.4 Å². The first-order valence-corrected chi connectivity index (χ1v) is 13.6. The third kappa shape index (κ3) is 5.93. The monoisotopic (exact) mass is 562 g/mol. The third-order valence-electron chi connectivity index (χ3n) is 7.07. The van der Waals surface area contributed by atoms with Crippen molar-refractivity contribution in [2.24, 2.45) is 0 Å². The van der Waals surface area contributed by atoms with Gasteiger partial charge in [-0.15, -0.1) is 0 Å². The number of nitrogens with zero attached hydrogens (tertiary/aromatic N) is 2. The van der Waals surface area contributed by atoms with E-state index in [1.165, 1.54) is 4.90 Å². The van der Waals surface area contributed by atoms with E-state index in [2.05, 4.69) is 4.98 Å². The standard InChI is InChI=1S/C34H30N2O6/c1-3-41-34(40)26-11-9-23(10-12-26)20-36-30(25-15-17-35-18-16-25)29(32(38)33(36)39)31(37)27-13-14-28(22(2)19-27)42-21-24-7-5-4-6-8-24/h4-19,30,37H,3,20-21H2,1-2H3/b31-29-. The summed E-state index contributed by atoms with van der Waals surface area (Å²) in [5.41, 5.74) is 3.92. The van der Waals surface area contributed by atoms with Gasteiger partial charge in [-0.25, -0.2) is 4.79 Å². The fourth-order valence-electron chi connectivity index (χ4n) is 4.94. The topological polar surface area (TPSA) is 106 Å². The van der Waals surface area contributed by atoms with Crippen molar-refractivity contribution in [3.05, 3.63) is 136 Å². The smallest absolute Gasteiger partial charge is 0.338 e. The highest BCUT2D eigenvalue weighted by Crippen LogP contribution is 2.40. The molecular weight excluding hydrogens is 532 g/mol. The van der Waals surface area contributed by atoms with E-state index < -0.39 is 23.7 Å². The van der Waals surface area contributed by atoms with E-state index in [4.69, 9.17) is 9.47 Å². The minimum absolute atomic E-state index is 0.00769. The highest BCUT2D eigenvalue weighted by molar-refractivity contribution is 6.46. The third-order valence-corrected chi connectivity index (χ3v) is 7.07. The molecule has 5 rings (SSSR count). The van der Waals surface area contributed by atoms with Crippen LogP contribution in [0.2, 0.25) is 0 Å². The highest BCUT2D eigenvalue weighted by Gasteiger charge is 2.46. The van der Waals surface area contributed by atoms with Gasteiger partial charge >= 0.3 is 5.97 Å². The molecule has 8 nitrogen and oxygen atoms in total. The van der Waals surface area contributed by atoms with E-state index in [0.717, 1.165) is 11.1 Å². The lowest BCUT2D eigenvalue weighted by Gasteiger charge is -2.25. The number of rotatable bonds is 9. The molecule has 42 heavy (non-hydrogen) atoms. The summed E-state index contributed by atoms with van der Waals surface area (Å²) < 4.78 is 11.0. The van der Waals surface area contributed by atoms with E-state index in [0.29, 0.717) is 34.6 Å². The molecule has 1 N–H and O–H groups in total. The normalized spacial score (nSPS) is 16.0. The minimum atomic E-state index is -0.841. The van der Waals surface area contributed by atoms with Gasteiger partial charge in [0.15, 0.2) is 0 Å². The number of pyridine rings is 1. The molecular formula is C34H30N2O6. The van der Waals surface area contributed by atoms with Gasteiger partial charge in [-0.1, -0.05) is 42.5 Å². The number of benzene rings is 3. The first-order valence-electron chi connectivity index (χ1n) is 13.6. The molecule has 2 heterocycles. The number of carbonyl (C=O) groups excluding carboxylic acids is 3. The Morgan fingerprint density at radius 1 is 0.905 bits per heavy atom. The molecule has 1 unspecified atom stereocenters. The predicted octanol–water partition coefficient (Wildman–Crippen LogP) is 5.77. The Morgan fingerprint density at radius 2 is 1.60 bits per heavy atom. The molecule has 1 atom stereocenters. The van der Waals surface area contributed by atoms with Crippen LogP contribution in [-0.4, -0.2) is 39.3 Å². The van der Waals surface area contributed by atoms with Crippen LogP contribution in [0.1, 0.15) is 51.1 Å². The number of aryl methyl sites for hydroxylation is 1. The largest absolute Gasteiger partial charge is 0.507 e. The number of ether oxygens (including phenoxy) is 2. The van der Waals surface area contributed by atoms with Gasteiger partial charge in [-0.3, -0.25) is 14.6 Å². The van der Waals surface area contributed by atoms with Crippen LogP contribution in [0.25, 0.3) is 5.76 Å². The Morgan fingerprint density at radius 3 is 2.26 bits per heavy atom. The van der Waals surface area contributed by atoms with Crippen molar-refractivity contribution in [1.29, 1.82) is 0 Å². The zero-order valence-corrected chi connectivity index (χ0v) is 23.3. The second kappa shape index (κ2) is 12.5. The molecule has 0 aliphatic carbocycles. The maximum absolute atomic E-state index is 13.4. The molecule has 1 aliphatic heterocycles. The zero-order valence-electron chi connectivity index (χ0n) is 23.3. The number of aliphatic hydroxyl groups is 1. The molecule has 0 radical (unpaired) electrons. The van der Waals surface area contributed by atoms with Gasteiger partial charge in [0.1, 0.15) is 18.1 Å². The highest BCUT2D eigenvalue weighted by atomic mass is 16.5. The Hall–Kier alpha value is -5.24. The van der Waals surface area contributed by atoms with Crippen LogP contribution in [0.3, 0.4) is 0 Å². The van der Waals surface area contributed by atoms with Crippen LogP contribution in [0.5, 0.6) is 5.75 Å². The SMILES string of the molecule is CCOC(=O)c1ccc(CN2C(=O)C(=O)/C(=C(\O)c3ccc(OCc4ccccc4)c(C)c3)C2c2ccncc2)cc1. The summed E-state index contributed by atoms with van der Waals surface area (Å²) in [5, 5.41) is 11.5. The maximum atomic E-state index is 13.4. The minimum Gasteiger partial charge on any atom is -0.507 e. The summed E-state index contributed by atoms with van der Waals surface area (Å²) in [4.78, 5) is 44.3. The van der Waals surface area contributed by atoms with E-state index in [-0.39, 0.29) is 24.5 Å². The van der Waals surface area contributed by atoms with E-state index in [9.17, 15) is 19.5 Å². The van der Waals surface area contributed by atoms with E-state index >= 15 is 0 Å². The molecule has 1 saturated heterocycles. The number of carbonyl (C=O) groups is 3. The lowest BCUT2D eigenvalue weighted by atomic mass is 9.95. The van der Waals surface area contributed by atoms with Gasteiger partial charge in [0.2, 0.25) is 0 Å². The number of esters is 1. The number of hydrogen-bond acceptors (Lipinski definition) is 7. The summed E-state index contributed by atoms with van der Waals surface area (Å²) >= 11 is 0. The van der Waals surface area contributed by atoms with Gasteiger partial charge in [-0.05, 0) is 78.6 Å². The van der Waals surface area contributed by atoms with Crippen LogP contribution in [0, 0.1) is 6.92 Å². The number of hydrogen-bond donors (Lipinski definition) is 1. The lowest BCUT2D eigenvalue weighted by molar-refractivity contribution is -0.140. The molecule has 0 saturated carbocycles. The molecule has 8 heteroatoms. The Balaban J connectivity index is 1.46. The Kier molecular flexibility index (Phi) is 8.43. The molecule has 1 aromatic heterocycles. The van der Waals surface area contributed by atoms with Crippen LogP contribution in [-0.2, 0) is 27.5 Å². The molecule has 212 valence electrons. The number of likely N-dealkylation sites (tertiary alicyclic amines) is 1. The molecule has 1 amide bonds. The summed E-state index contributed by atoms with van der Waals surface area (Å²) in [6, 6.07) is 24.2. The number of amides is 1. The van der Waals surface area contributed by atoms with Crippen molar-refractivity contribution in [1.82, 2.24) is 9.88 Å². The molecule has 0 bridgehead atoms. The van der Waals surface area contributed by atoms with Crippen molar-refractivity contribution < 1.29 is 29.0 Å². The van der Waals surface area contributed by atoms with Crippen LogP contribution >= 0.6 is 0 Å². The second-order valence-corrected chi connectivity index (χ2v) is 9.88. The second-order valence-electron chi connectivity index (χ2n) is 9.88. The fraction of sp³-hybridized carbons (Fsp3) is 0.176.